The minimum atomic E-state index is -0.353. The van der Waals surface area contributed by atoms with Gasteiger partial charge in [-0.2, -0.15) is 0 Å². The minimum absolute atomic E-state index is 0.108. The Balaban J connectivity index is 1.50. The summed E-state index contributed by atoms with van der Waals surface area (Å²) in [5.74, 6) is -0.108. The maximum absolute atomic E-state index is 12.5. The van der Waals surface area contributed by atoms with E-state index in [1.807, 2.05) is 30.3 Å². The number of carbonyl (C=O) groups is 2. The maximum atomic E-state index is 12.5. The predicted octanol–water partition coefficient (Wildman–Crippen LogP) is 3.43. The highest BCUT2D eigenvalue weighted by atomic mass is 35.5. The van der Waals surface area contributed by atoms with Gasteiger partial charge in [0.1, 0.15) is 6.61 Å². The van der Waals surface area contributed by atoms with Gasteiger partial charge in [-0.05, 0) is 17.7 Å². The first-order valence-electron chi connectivity index (χ1n) is 8.14. The van der Waals surface area contributed by atoms with E-state index in [1.165, 1.54) is 0 Å². The van der Waals surface area contributed by atoms with E-state index in [0.29, 0.717) is 36.8 Å². The number of piperazine rings is 1. The van der Waals surface area contributed by atoms with Crippen molar-refractivity contribution in [2.24, 2.45) is 0 Å². The van der Waals surface area contributed by atoms with Crippen LogP contribution in [0.2, 0.25) is 5.02 Å². The van der Waals surface area contributed by atoms with Crippen molar-refractivity contribution in [1.29, 1.82) is 0 Å². The Morgan fingerprint density at radius 3 is 2.16 bits per heavy atom. The normalized spacial score (nSPS) is 14.3. The molecule has 130 valence electrons. The monoisotopic (exact) mass is 358 g/mol. The third-order valence-electron chi connectivity index (χ3n) is 4.13. The number of rotatable bonds is 3. The molecule has 1 heterocycles. The van der Waals surface area contributed by atoms with Gasteiger partial charge < -0.3 is 14.5 Å². The summed E-state index contributed by atoms with van der Waals surface area (Å²) in [6.07, 6.45) is -0.353. The summed E-state index contributed by atoms with van der Waals surface area (Å²) in [6.45, 7) is 2.07. The molecule has 0 saturated carbocycles. The first kappa shape index (κ1) is 17.3. The van der Waals surface area contributed by atoms with Gasteiger partial charge in [0.15, 0.2) is 0 Å². The summed E-state index contributed by atoms with van der Waals surface area (Å²) >= 11 is 6.08. The van der Waals surface area contributed by atoms with Crippen LogP contribution in [-0.4, -0.2) is 48.0 Å². The van der Waals surface area contributed by atoms with E-state index in [2.05, 4.69) is 0 Å². The Morgan fingerprint density at radius 2 is 1.48 bits per heavy atom. The maximum Gasteiger partial charge on any atom is 0.410 e. The van der Waals surface area contributed by atoms with Crippen molar-refractivity contribution in [3.8, 4) is 0 Å². The number of carbonyl (C=O) groups excluding carboxylic acids is 2. The molecule has 2 aromatic carbocycles. The second kappa shape index (κ2) is 8.03. The average molecular weight is 359 g/mol. The highest BCUT2D eigenvalue weighted by Gasteiger charge is 2.26. The van der Waals surface area contributed by atoms with Crippen molar-refractivity contribution < 1.29 is 14.3 Å². The molecule has 0 atom stereocenters. The summed E-state index contributed by atoms with van der Waals surface area (Å²) in [7, 11) is 0. The highest BCUT2D eigenvalue weighted by Crippen LogP contribution is 2.18. The second-order valence-corrected chi connectivity index (χ2v) is 6.21. The first-order chi connectivity index (χ1) is 12.1. The smallest absolute Gasteiger partial charge is 0.410 e. The van der Waals surface area contributed by atoms with Crippen LogP contribution in [0, 0.1) is 0 Å². The number of hydrogen-bond donors (Lipinski definition) is 0. The number of hydrogen-bond acceptors (Lipinski definition) is 3. The van der Waals surface area contributed by atoms with E-state index in [9.17, 15) is 9.59 Å². The van der Waals surface area contributed by atoms with Crippen LogP contribution < -0.4 is 0 Å². The van der Waals surface area contributed by atoms with Crippen molar-refractivity contribution in [1.82, 2.24) is 9.80 Å². The lowest BCUT2D eigenvalue weighted by Crippen LogP contribution is -2.50. The molecule has 0 bridgehead atoms. The average Bonchev–Trinajstić information content (AvgIpc) is 2.67. The van der Waals surface area contributed by atoms with Crippen LogP contribution in [-0.2, 0) is 11.3 Å². The fourth-order valence-electron chi connectivity index (χ4n) is 2.71. The Kier molecular flexibility index (Phi) is 5.56. The Morgan fingerprint density at radius 1 is 0.880 bits per heavy atom. The molecule has 0 unspecified atom stereocenters. The quantitative estimate of drug-likeness (QED) is 0.844. The van der Waals surface area contributed by atoms with Crippen molar-refractivity contribution in [3.63, 3.8) is 0 Å². The Labute approximate surface area is 151 Å². The number of benzene rings is 2. The van der Waals surface area contributed by atoms with Crippen molar-refractivity contribution in [3.05, 3.63) is 70.7 Å². The Hall–Kier alpha value is -2.53. The molecule has 6 heteroatoms. The van der Waals surface area contributed by atoms with Gasteiger partial charge in [0.25, 0.3) is 5.91 Å². The molecule has 2 amide bonds. The number of ether oxygens (including phenoxy) is 1. The van der Waals surface area contributed by atoms with Crippen molar-refractivity contribution >= 4 is 23.6 Å². The van der Waals surface area contributed by atoms with Crippen LogP contribution >= 0.6 is 11.6 Å². The molecule has 5 nitrogen and oxygen atoms in total. The van der Waals surface area contributed by atoms with Crippen LogP contribution in [0.1, 0.15) is 15.9 Å². The molecular formula is C19H19ClN2O3. The lowest BCUT2D eigenvalue weighted by atomic mass is 10.2. The van der Waals surface area contributed by atoms with Gasteiger partial charge >= 0.3 is 6.09 Å². The van der Waals surface area contributed by atoms with E-state index in [-0.39, 0.29) is 18.6 Å². The highest BCUT2D eigenvalue weighted by molar-refractivity contribution is 6.33. The summed E-state index contributed by atoms with van der Waals surface area (Å²) in [6, 6.07) is 16.5. The third kappa shape index (κ3) is 4.31. The van der Waals surface area contributed by atoms with E-state index < -0.39 is 0 Å². The summed E-state index contributed by atoms with van der Waals surface area (Å²) in [5.41, 5.74) is 1.44. The van der Waals surface area contributed by atoms with Gasteiger partial charge in [-0.1, -0.05) is 54.1 Å². The van der Waals surface area contributed by atoms with Gasteiger partial charge in [0.05, 0.1) is 10.6 Å². The zero-order valence-corrected chi connectivity index (χ0v) is 14.5. The molecule has 1 fully saturated rings. The lowest BCUT2D eigenvalue weighted by molar-refractivity contribution is 0.0544. The van der Waals surface area contributed by atoms with Crippen LogP contribution in [0.5, 0.6) is 0 Å². The van der Waals surface area contributed by atoms with E-state index in [1.54, 1.807) is 34.1 Å². The molecule has 1 aliphatic heterocycles. The van der Waals surface area contributed by atoms with Crippen LogP contribution in [0.25, 0.3) is 0 Å². The predicted molar refractivity (Wildman–Crippen MR) is 95.6 cm³/mol. The van der Waals surface area contributed by atoms with Gasteiger partial charge in [-0.3, -0.25) is 4.79 Å². The molecule has 3 rings (SSSR count). The first-order valence-corrected chi connectivity index (χ1v) is 8.52. The number of amides is 2. The number of halogens is 1. The largest absolute Gasteiger partial charge is 0.445 e. The zero-order chi connectivity index (χ0) is 17.6. The standard InChI is InChI=1S/C19H19ClN2O3/c20-17-9-5-4-8-16(17)18(23)21-10-12-22(13-11-21)19(24)25-14-15-6-2-1-3-7-15/h1-9H,10-14H2. The van der Waals surface area contributed by atoms with Crippen molar-refractivity contribution in [2.75, 3.05) is 26.2 Å². The molecule has 0 aromatic heterocycles. The van der Waals surface area contributed by atoms with Gasteiger partial charge in [-0.15, -0.1) is 0 Å². The topological polar surface area (TPSA) is 49.9 Å². The van der Waals surface area contributed by atoms with Crippen LogP contribution in [0.3, 0.4) is 0 Å². The second-order valence-electron chi connectivity index (χ2n) is 5.80. The molecule has 0 spiro atoms. The minimum Gasteiger partial charge on any atom is -0.445 e. The molecule has 0 radical (unpaired) electrons. The molecule has 25 heavy (non-hydrogen) atoms. The van der Waals surface area contributed by atoms with Gasteiger partial charge in [0, 0.05) is 26.2 Å². The Bertz CT molecular complexity index is 743. The van der Waals surface area contributed by atoms with E-state index in [0.717, 1.165) is 5.56 Å². The molecule has 1 aliphatic rings. The summed E-state index contributed by atoms with van der Waals surface area (Å²) in [4.78, 5) is 28.0. The SMILES string of the molecule is O=C(OCc1ccccc1)N1CCN(C(=O)c2ccccc2Cl)CC1. The fourth-order valence-corrected chi connectivity index (χ4v) is 2.92. The van der Waals surface area contributed by atoms with Crippen LogP contribution in [0.4, 0.5) is 4.79 Å². The summed E-state index contributed by atoms with van der Waals surface area (Å²) < 4.78 is 5.33. The molecule has 1 saturated heterocycles. The molecule has 0 N–H and O–H groups in total. The fraction of sp³-hybridized carbons (Fsp3) is 0.263. The molecule has 2 aromatic rings. The van der Waals surface area contributed by atoms with E-state index in [4.69, 9.17) is 16.3 Å². The zero-order valence-electron chi connectivity index (χ0n) is 13.7. The van der Waals surface area contributed by atoms with Gasteiger partial charge in [-0.25, -0.2) is 4.79 Å². The van der Waals surface area contributed by atoms with Crippen LogP contribution in [0.15, 0.2) is 54.6 Å². The number of nitrogens with zero attached hydrogens (tertiary/aromatic N) is 2. The summed E-state index contributed by atoms with van der Waals surface area (Å²) in [5, 5.41) is 0.442. The molecular weight excluding hydrogens is 340 g/mol. The van der Waals surface area contributed by atoms with Crippen molar-refractivity contribution in [2.45, 2.75) is 6.61 Å². The van der Waals surface area contributed by atoms with Gasteiger partial charge in [0.2, 0.25) is 0 Å². The van der Waals surface area contributed by atoms with E-state index >= 15 is 0 Å². The third-order valence-corrected chi connectivity index (χ3v) is 4.46. The molecule has 0 aliphatic carbocycles. The lowest BCUT2D eigenvalue weighted by Gasteiger charge is -2.34.